The largest absolute Gasteiger partial charge is 0.469 e. The Morgan fingerprint density at radius 1 is 1.14 bits per heavy atom. The third kappa shape index (κ3) is 5.56. The van der Waals surface area contributed by atoms with Crippen LogP contribution >= 0.6 is 35.0 Å². The number of carbonyl (C=O) groups is 1. The molecule has 7 heteroatoms. The van der Waals surface area contributed by atoms with Gasteiger partial charge in [-0.25, -0.2) is 0 Å². The molecule has 0 spiro atoms. The van der Waals surface area contributed by atoms with E-state index in [1.807, 2.05) is 24.3 Å². The second kappa shape index (κ2) is 9.70. The van der Waals surface area contributed by atoms with Crippen molar-refractivity contribution in [3.05, 3.63) is 75.7 Å². The number of halogens is 2. The highest BCUT2D eigenvalue weighted by molar-refractivity contribution is 7.99. The first-order valence-corrected chi connectivity index (χ1v) is 10.8. The predicted molar refractivity (Wildman–Crippen MR) is 118 cm³/mol. The number of rotatable bonds is 7. The van der Waals surface area contributed by atoms with Crippen molar-refractivity contribution in [2.75, 3.05) is 7.11 Å². The minimum Gasteiger partial charge on any atom is -0.469 e. The molecular weight excluding hydrogens is 427 g/mol. The van der Waals surface area contributed by atoms with Gasteiger partial charge in [0.2, 0.25) is 0 Å². The van der Waals surface area contributed by atoms with E-state index in [9.17, 15) is 4.79 Å². The highest BCUT2D eigenvalue weighted by Gasteiger charge is 2.21. The molecular formula is C22H22Cl2N2O2S. The lowest BCUT2D eigenvalue weighted by Gasteiger charge is -2.15. The zero-order chi connectivity index (χ0) is 21.0. The maximum atomic E-state index is 12.0. The number of aromatic nitrogens is 2. The van der Waals surface area contributed by atoms with Gasteiger partial charge in [0.15, 0.2) is 0 Å². The first kappa shape index (κ1) is 21.8. The van der Waals surface area contributed by atoms with E-state index < -0.39 is 0 Å². The van der Waals surface area contributed by atoms with Crippen LogP contribution in [-0.2, 0) is 22.5 Å². The molecule has 2 heterocycles. The zero-order valence-corrected chi connectivity index (χ0v) is 18.8. The van der Waals surface area contributed by atoms with E-state index in [-0.39, 0.29) is 18.3 Å². The van der Waals surface area contributed by atoms with E-state index in [1.54, 1.807) is 30.2 Å². The summed E-state index contributed by atoms with van der Waals surface area (Å²) in [6, 6.07) is 11.5. The van der Waals surface area contributed by atoms with E-state index in [4.69, 9.17) is 27.9 Å². The van der Waals surface area contributed by atoms with Crippen molar-refractivity contribution in [1.82, 2.24) is 9.55 Å². The van der Waals surface area contributed by atoms with Crippen molar-refractivity contribution < 1.29 is 9.53 Å². The van der Waals surface area contributed by atoms with Crippen LogP contribution in [0.2, 0.25) is 10.0 Å². The topological polar surface area (TPSA) is 44.1 Å². The van der Waals surface area contributed by atoms with Crippen molar-refractivity contribution in [1.29, 1.82) is 0 Å². The molecule has 0 N–H and O–H groups in total. The predicted octanol–water partition coefficient (Wildman–Crippen LogP) is 6.23. The summed E-state index contributed by atoms with van der Waals surface area (Å²) < 4.78 is 7.08. The van der Waals surface area contributed by atoms with Crippen LogP contribution in [0.1, 0.15) is 36.6 Å². The molecule has 3 aromatic rings. The molecule has 0 atom stereocenters. The molecule has 0 aliphatic heterocycles. The second-order valence-corrected chi connectivity index (χ2v) is 8.89. The van der Waals surface area contributed by atoms with E-state index in [2.05, 4.69) is 29.5 Å². The molecule has 2 aromatic heterocycles. The van der Waals surface area contributed by atoms with Crippen molar-refractivity contribution >= 4 is 40.9 Å². The molecule has 0 saturated carbocycles. The van der Waals surface area contributed by atoms with Crippen LogP contribution < -0.4 is 0 Å². The average Bonchev–Trinajstić information content (AvgIpc) is 2.99. The summed E-state index contributed by atoms with van der Waals surface area (Å²) >= 11 is 14.0. The van der Waals surface area contributed by atoms with Gasteiger partial charge in [0.25, 0.3) is 0 Å². The lowest BCUT2D eigenvalue weighted by Crippen LogP contribution is -2.12. The Morgan fingerprint density at radius 3 is 2.38 bits per heavy atom. The second-order valence-electron chi connectivity index (χ2n) is 6.95. The Bertz CT molecular complexity index is 983. The number of benzene rings is 1. The van der Waals surface area contributed by atoms with E-state index >= 15 is 0 Å². The first-order chi connectivity index (χ1) is 13.9. The third-order valence-electron chi connectivity index (χ3n) is 4.48. The SMILES string of the molecule is COC(=O)Cc1cc(C(C)C)c(Sc2cc(Cl)cc(Cl)c2)n1Cc1ccncc1. The fourth-order valence-corrected chi connectivity index (χ4v) is 5.00. The van der Waals surface area contributed by atoms with Gasteiger partial charge in [-0.1, -0.05) is 48.8 Å². The van der Waals surface area contributed by atoms with Gasteiger partial charge in [0.1, 0.15) is 0 Å². The summed E-state index contributed by atoms with van der Waals surface area (Å²) in [6.07, 6.45) is 3.75. The van der Waals surface area contributed by atoms with Crippen LogP contribution in [0, 0.1) is 0 Å². The van der Waals surface area contributed by atoms with Crippen molar-refractivity contribution in [3.8, 4) is 0 Å². The molecule has 0 unspecified atom stereocenters. The highest BCUT2D eigenvalue weighted by atomic mass is 35.5. The minimum absolute atomic E-state index is 0.207. The smallest absolute Gasteiger partial charge is 0.311 e. The first-order valence-electron chi connectivity index (χ1n) is 9.19. The number of hydrogen-bond donors (Lipinski definition) is 0. The van der Waals surface area contributed by atoms with Crippen LogP contribution in [0.15, 0.2) is 58.7 Å². The molecule has 0 bridgehead atoms. The van der Waals surface area contributed by atoms with E-state index in [0.29, 0.717) is 16.6 Å². The Kier molecular flexibility index (Phi) is 7.28. The van der Waals surface area contributed by atoms with E-state index in [1.165, 1.54) is 12.7 Å². The fourth-order valence-electron chi connectivity index (χ4n) is 3.04. The van der Waals surface area contributed by atoms with Gasteiger partial charge in [-0.2, -0.15) is 0 Å². The van der Waals surface area contributed by atoms with Crippen molar-refractivity contribution in [3.63, 3.8) is 0 Å². The number of pyridine rings is 1. The lowest BCUT2D eigenvalue weighted by atomic mass is 10.1. The normalized spacial score (nSPS) is 11.1. The Labute approximate surface area is 185 Å². The summed E-state index contributed by atoms with van der Waals surface area (Å²) in [4.78, 5) is 17.1. The molecule has 4 nitrogen and oxygen atoms in total. The molecule has 3 rings (SSSR count). The molecule has 0 aliphatic rings. The summed E-state index contributed by atoms with van der Waals surface area (Å²) in [5, 5.41) is 2.25. The Morgan fingerprint density at radius 2 is 1.79 bits per heavy atom. The molecule has 152 valence electrons. The van der Waals surface area contributed by atoms with Crippen molar-refractivity contribution in [2.24, 2.45) is 0 Å². The molecule has 0 amide bonds. The maximum absolute atomic E-state index is 12.0. The molecule has 0 saturated heterocycles. The average molecular weight is 449 g/mol. The van der Waals surface area contributed by atoms with Crippen LogP contribution in [-0.4, -0.2) is 22.6 Å². The standard InChI is InChI=1S/C22H22Cl2N2O2S/c1-14(2)20-11-18(12-21(27)28-3)26(13-15-4-6-25-7-5-15)22(20)29-19-9-16(23)8-17(24)10-19/h4-11,14H,12-13H2,1-3H3. The number of esters is 1. The molecule has 0 radical (unpaired) electrons. The number of ether oxygens (including phenoxy) is 1. The summed E-state index contributed by atoms with van der Waals surface area (Å²) in [6.45, 7) is 4.91. The minimum atomic E-state index is -0.267. The van der Waals surface area contributed by atoms with Gasteiger partial charge in [-0.15, -0.1) is 0 Å². The Balaban J connectivity index is 2.10. The van der Waals surface area contributed by atoms with Gasteiger partial charge >= 0.3 is 5.97 Å². The maximum Gasteiger partial charge on any atom is 0.311 e. The monoisotopic (exact) mass is 448 g/mol. The van der Waals surface area contributed by atoms with Gasteiger partial charge in [-0.3, -0.25) is 9.78 Å². The number of hydrogen-bond acceptors (Lipinski definition) is 4. The summed E-state index contributed by atoms with van der Waals surface area (Å²) in [5.41, 5.74) is 3.18. The van der Waals surface area contributed by atoms with Crippen molar-refractivity contribution in [2.45, 2.75) is 42.7 Å². The number of methoxy groups -OCH3 is 1. The van der Waals surface area contributed by atoms with Gasteiger partial charge < -0.3 is 9.30 Å². The quantitative estimate of drug-likeness (QED) is 0.401. The fraction of sp³-hybridized carbons (Fsp3) is 0.273. The van der Waals surface area contributed by atoms with Crippen LogP contribution in [0.3, 0.4) is 0 Å². The number of nitrogens with zero attached hydrogens (tertiary/aromatic N) is 2. The van der Waals surface area contributed by atoms with Gasteiger partial charge in [0, 0.05) is 39.6 Å². The molecule has 1 aromatic carbocycles. The zero-order valence-electron chi connectivity index (χ0n) is 16.5. The molecule has 29 heavy (non-hydrogen) atoms. The lowest BCUT2D eigenvalue weighted by molar-refractivity contribution is -0.139. The molecule has 0 fully saturated rings. The highest BCUT2D eigenvalue weighted by Crippen LogP contribution is 2.39. The molecule has 0 aliphatic carbocycles. The summed E-state index contributed by atoms with van der Waals surface area (Å²) in [7, 11) is 1.41. The van der Waals surface area contributed by atoms with Crippen LogP contribution in [0.25, 0.3) is 0 Å². The Hall–Kier alpha value is -1.95. The summed E-state index contributed by atoms with van der Waals surface area (Å²) in [5.74, 6) is 0.0124. The van der Waals surface area contributed by atoms with Gasteiger partial charge in [0.05, 0.1) is 18.6 Å². The third-order valence-corrected chi connectivity index (χ3v) is 6.03. The number of carbonyl (C=O) groups excluding carboxylic acids is 1. The van der Waals surface area contributed by atoms with Crippen LogP contribution in [0.5, 0.6) is 0 Å². The van der Waals surface area contributed by atoms with Gasteiger partial charge in [-0.05, 0) is 53.4 Å². The van der Waals surface area contributed by atoms with Crippen LogP contribution in [0.4, 0.5) is 0 Å². The van der Waals surface area contributed by atoms with E-state index in [0.717, 1.165) is 21.2 Å².